The second kappa shape index (κ2) is 5.37. The molecular weight excluding hydrogens is 293 g/mol. The molecule has 0 amide bonds. The minimum Gasteiger partial charge on any atom is -0.469 e. The predicted octanol–water partition coefficient (Wildman–Crippen LogP) is 3.61. The van der Waals surface area contributed by atoms with Gasteiger partial charge >= 0.3 is 5.97 Å². The Bertz CT molecular complexity index is 453. The summed E-state index contributed by atoms with van der Waals surface area (Å²) < 4.78 is 5.88. The van der Waals surface area contributed by atoms with E-state index in [1.807, 2.05) is 20.8 Å². The topological polar surface area (TPSA) is 52.3 Å². The monoisotopic (exact) mass is 309 g/mol. The van der Waals surface area contributed by atoms with E-state index in [2.05, 4.69) is 0 Å². The van der Waals surface area contributed by atoms with Gasteiger partial charge < -0.3 is 10.5 Å². The quantitative estimate of drug-likeness (QED) is 0.864. The second-order valence-electron chi connectivity index (χ2n) is 5.04. The predicted molar refractivity (Wildman–Crippen MR) is 76.6 cm³/mol. The molecule has 1 rings (SSSR count). The molecule has 3 nitrogen and oxygen atoms in total. The van der Waals surface area contributed by atoms with Crippen molar-refractivity contribution in [3.8, 4) is 0 Å². The van der Waals surface area contributed by atoms with Gasteiger partial charge in [-0.25, -0.2) is 0 Å². The molecule has 1 atom stereocenters. The summed E-state index contributed by atoms with van der Waals surface area (Å²) in [5.74, 6) is -0.325. The molecule has 0 fully saturated rings. The fraction of sp³-hybridized carbons (Fsp3) is 0.583. The van der Waals surface area contributed by atoms with Crippen molar-refractivity contribution < 1.29 is 9.53 Å². The SMILES string of the molecule is COC(=O)CC(C)(c1cc(Cl)sc1Cl)C(C)(C)N. The van der Waals surface area contributed by atoms with E-state index >= 15 is 0 Å². The van der Waals surface area contributed by atoms with Crippen molar-refractivity contribution in [3.63, 3.8) is 0 Å². The van der Waals surface area contributed by atoms with Crippen molar-refractivity contribution in [2.24, 2.45) is 5.73 Å². The maximum absolute atomic E-state index is 11.6. The molecule has 0 aliphatic heterocycles. The highest BCUT2D eigenvalue weighted by Gasteiger charge is 2.43. The number of hydrogen-bond donors (Lipinski definition) is 1. The summed E-state index contributed by atoms with van der Waals surface area (Å²) in [5.41, 5.74) is 5.73. The zero-order valence-electron chi connectivity index (χ0n) is 10.8. The third-order valence-corrected chi connectivity index (χ3v) is 4.89. The van der Waals surface area contributed by atoms with Crippen LogP contribution in [0.2, 0.25) is 8.67 Å². The number of carbonyl (C=O) groups excluding carboxylic acids is 1. The Balaban J connectivity index is 3.29. The molecule has 1 unspecified atom stereocenters. The highest BCUT2D eigenvalue weighted by Crippen LogP contribution is 2.45. The average molecular weight is 310 g/mol. The number of carbonyl (C=O) groups is 1. The van der Waals surface area contributed by atoms with E-state index < -0.39 is 11.0 Å². The van der Waals surface area contributed by atoms with Gasteiger partial charge in [0.05, 0.1) is 22.2 Å². The summed E-state index contributed by atoms with van der Waals surface area (Å²) in [5, 5.41) is 0. The average Bonchev–Trinajstić information content (AvgIpc) is 2.56. The van der Waals surface area contributed by atoms with Crippen LogP contribution in [0.25, 0.3) is 0 Å². The molecule has 0 saturated carbocycles. The van der Waals surface area contributed by atoms with Crippen molar-refractivity contribution in [2.45, 2.75) is 38.1 Å². The van der Waals surface area contributed by atoms with Gasteiger partial charge in [-0.1, -0.05) is 30.1 Å². The molecule has 0 saturated heterocycles. The molecule has 18 heavy (non-hydrogen) atoms. The molecule has 0 radical (unpaired) electrons. The van der Waals surface area contributed by atoms with Gasteiger partial charge in [-0.05, 0) is 25.5 Å². The number of thiophene rings is 1. The summed E-state index contributed by atoms with van der Waals surface area (Å²) >= 11 is 13.4. The highest BCUT2D eigenvalue weighted by atomic mass is 35.5. The van der Waals surface area contributed by atoms with E-state index in [-0.39, 0.29) is 12.4 Å². The Kier molecular flexibility index (Phi) is 4.70. The molecule has 0 aromatic carbocycles. The van der Waals surface area contributed by atoms with Crippen LogP contribution in [0.5, 0.6) is 0 Å². The summed E-state index contributed by atoms with van der Waals surface area (Å²) in [6.45, 7) is 5.61. The van der Waals surface area contributed by atoms with Gasteiger partial charge in [0.2, 0.25) is 0 Å². The highest BCUT2D eigenvalue weighted by molar-refractivity contribution is 7.20. The Hall–Kier alpha value is -0.290. The standard InChI is InChI=1S/C12H17Cl2NO2S/c1-11(2,15)12(3,6-9(16)17-4)7-5-8(13)18-10(7)14/h5H,6,15H2,1-4H3. The molecule has 0 bridgehead atoms. The van der Waals surface area contributed by atoms with Crippen LogP contribution >= 0.6 is 34.5 Å². The van der Waals surface area contributed by atoms with E-state index in [9.17, 15) is 4.79 Å². The van der Waals surface area contributed by atoms with Crippen molar-refractivity contribution in [3.05, 3.63) is 20.3 Å². The largest absolute Gasteiger partial charge is 0.469 e. The molecule has 0 aliphatic rings. The summed E-state index contributed by atoms with van der Waals surface area (Å²) in [4.78, 5) is 11.6. The van der Waals surface area contributed by atoms with Crippen molar-refractivity contribution in [1.82, 2.24) is 0 Å². The van der Waals surface area contributed by atoms with Gasteiger partial charge in [0.15, 0.2) is 0 Å². The van der Waals surface area contributed by atoms with Gasteiger partial charge in [0.1, 0.15) is 0 Å². The van der Waals surface area contributed by atoms with E-state index in [1.54, 1.807) is 6.07 Å². The maximum Gasteiger partial charge on any atom is 0.306 e. The zero-order valence-corrected chi connectivity index (χ0v) is 13.2. The van der Waals surface area contributed by atoms with Gasteiger partial charge in [-0.2, -0.15) is 0 Å². The number of halogens is 2. The molecule has 6 heteroatoms. The van der Waals surface area contributed by atoms with Crippen LogP contribution in [0.3, 0.4) is 0 Å². The first-order chi connectivity index (χ1) is 8.11. The minimum atomic E-state index is -0.644. The Labute approximate surface area is 121 Å². The summed E-state index contributed by atoms with van der Waals surface area (Å²) in [6.07, 6.45) is 0.153. The third kappa shape index (κ3) is 2.99. The van der Waals surface area contributed by atoms with E-state index in [1.165, 1.54) is 18.4 Å². The first kappa shape index (κ1) is 15.8. The van der Waals surface area contributed by atoms with Crippen LogP contribution < -0.4 is 5.73 Å². The van der Waals surface area contributed by atoms with Crippen LogP contribution in [0, 0.1) is 0 Å². The lowest BCUT2D eigenvalue weighted by atomic mass is 9.67. The molecule has 102 valence electrons. The first-order valence-corrected chi connectivity index (χ1v) is 7.00. The van der Waals surface area contributed by atoms with E-state index in [4.69, 9.17) is 33.7 Å². The number of methoxy groups -OCH3 is 1. The lowest BCUT2D eigenvalue weighted by Gasteiger charge is -2.41. The van der Waals surface area contributed by atoms with Crippen LogP contribution in [0.1, 0.15) is 32.8 Å². The summed E-state index contributed by atoms with van der Waals surface area (Å²) in [7, 11) is 1.36. The zero-order chi connectivity index (χ0) is 14.1. The van der Waals surface area contributed by atoms with Gasteiger partial charge in [0, 0.05) is 11.0 Å². The van der Waals surface area contributed by atoms with E-state index in [0.29, 0.717) is 8.67 Å². The molecule has 1 heterocycles. The fourth-order valence-corrected chi connectivity index (χ4v) is 3.46. The van der Waals surface area contributed by atoms with Crippen molar-refractivity contribution in [1.29, 1.82) is 0 Å². The van der Waals surface area contributed by atoms with Gasteiger partial charge in [-0.3, -0.25) is 4.79 Å². The Morgan fingerprint density at radius 1 is 1.44 bits per heavy atom. The molecule has 0 aliphatic carbocycles. The molecule has 1 aromatic rings. The van der Waals surface area contributed by atoms with Gasteiger partial charge in [-0.15, -0.1) is 11.3 Å². The van der Waals surface area contributed by atoms with Crippen LogP contribution in [-0.2, 0) is 14.9 Å². The molecule has 1 aromatic heterocycles. The Morgan fingerprint density at radius 3 is 2.33 bits per heavy atom. The molecular formula is C12H17Cl2NO2S. The normalized spacial score (nSPS) is 15.3. The number of ether oxygens (including phenoxy) is 1. The smallest absolute Gasteiger partial charge is 0.306 e. The maximum atomic E-state index is 11.6. The second-order valence-corrected chi connectivity index (χ2v) is 7.33. The van der Waals surface area contributed by atoms with Crippen LogP contribution in [0.4, 0.5) is 0 Å². The lowest BCUT2D eigenvalue weighted by molar-refractivity contribution is -0.142. The number of rotatable bonds is 4. The van der Waals surface area contributed by atoms with Gasteiger partial charge in [0.25, 0.3) is 0 Å². The molecule has 2 N–H and O–H groups in total. The summed E-state index contributed by atoms with van der Waals surface area (Å²) in [6, 6.07) is 1.77. The van der Waals surface area contributed by atoms with Crippen molar-refractivity contribution in [2.75, 3.05) is 7.11 Å². The number of nitrogens with two attached hydrogens (primary N) is 1. The third-order valence-electron chi connectivity index (χ3n) is 3.40. The lowest BCUT2D eigenvalue weighted by Crippen LogP contribution is -2.53. The fourth-order valence-electron chi connectivity index (χ4n) is 1.75. The number of hydrogen-bond acceptors (Lipinski definition) is 4. The van der Waals surface area contributed by atoms with E-state index in [0.717, 1.165) is 5.56 Å². The Morgan fingerprint density at radius 2 is 2.00 bits per heavy atom. The molecule has 0 spiro atoms. The van der Waals surface area contributed by atoms with Crippen LogP contribution in [-0.4, -0.2) is 18.6 Å². The number of esters is 1. The van der Waals surface area contributed by atoms with Crippen LogP contribution in [0.15, 0.2) is 6.07 Å². The van der Waals surface area contributed by atoms with Crippen molar-refractivity contribution >= 4 is 40.5 Å². The minimum absolute atomic E-state index is 0.153. The first-order valence-electron chi connectivity index (χ1n) is 5.43.